The second-order valence-electron chi connectivity index (χ2n) is 7.24. The zero-order valence-electron chi connectivity index (χ0n) is 17.9. The molecule has 33 heavy (non-hydrogen) atoms. The van der Waals surface area contributed by atoms with Gasteiger partial charge in [0.2, 0.25) is 5.91 Å². The summed E-state index contributed by atoms with van der Waals surface area (Å²) in [6.45, 7) is 3.31. The van der Waals surface area contributed by atoms with E-state index in [0.29, 0.717) is 27.3 Å². The molecule has 2 heterocycles. The first-order chi connectivity index (χ1) is 15.9. The third-order valence-electron chi connectivity index (χ3n) is 4.87. The number of aromatic nitrogens is 4. The lowest BCUT2D eigenvalue weighted by atomic mass is 10.1. The number of hydrogen-bond acceptors (Lipinski definition) is 6. The summed E-state index contributed by atoms with van der Waals surface area (Å²) < 4.78 is 1.89. The zero-order valence-corrected chi connectivity index (χ0v) is 19.5. The van der Waals surface area contributed by atoms with Crippen LogP contribution in [0.4, 0.5) is 5.69 Å². The van der Waals surface area contributed by atoms with E-state index in [-0.39, 0.29) is 11.7 Å². The molecule has 0 saturated heterocycles. The van der Waals surface area contributed by atoms with Crippen LogP contribution in [0.15, 0.2) is 78.2 Å². The van der Waals surface area contributed by atoms with Gasteiger partial charge in [0.15, 0.2) is 16.8 Å². The largest absolute Gasteiger partial charge is 0.325 e. The van der Waals surface area contributed by atoms with E-state index >= 15 is 0 Å². The number of halogens is 1. The van der Waals surface area contributed by atoms with Crippen LogP contribution in [-0.2, 0) is 4.79 Å². The maximum atomic E-state index is 12.8. The molecular formula is C24H20ClN5O2S. The SMILES string of the molecule is CC(=O)c1ccc(NC(=O)C(C)Sc2nnc(-c3ccncc3)n2-c2ccc(Cl)cc2)cc1. The first kappa shape index (κ1) is 22.7. The van der Waals surface area contributed by atoms with Gasteiger partial charge in [-0.05, 0) is 74.5 Å². The van der Waals surface area contributed by atoms with Gasteiger partial charge in [0, 0.05) is 39.9 Å². The molecule has 4 aromatic rings. The predicted molar refractivity (Wildman–Crippen MR) is 130 cm³/mol. The lowest BCUT2D eigenvalue weighted by Gasteiger charge is -2.14. The Kier molecular flexibility index (Phi) is 6.86. The highest BCUT2D eigenvalue weighted by molar-refractivity contribution is 8.00. The van der Waals surface area contributed by atoms with E-state index < -0.39 is 5.25 Å². The number of ketones is 1. The third-order valence-corrected chi connectivity index (χ3v) is 6.16. The molecule has 0 saturated carbocycles. The Bertz CT molecular complexity index is 1270. The molecule has 0 fully saturated rings. The van der Waals surface area contributed by atoms with Crippen LogP contribution in [0, 0.1) is 0 Å². The van der Waals surface area contributed by atoms with Crippen molar-refractivity contribution in [2.24, 2.45) is 0 Å². The second-order valence-corrected chi connectivity index (χ2v) is 8.98. The van der Waals surface area contributed by atoms with Gasteiger partial charge in [0.05, 0.1) is 5.25 Å². The number of rotatable bonds is 7. The average molecular weight is 478 g/mol. The number of Topliss-reactive ketones (excluding diaryl/α,β-unsaturated/α-hetero) is 1. The molecule has 9 heteroatoms. The van der Waals surface area contributed by atoms with Crippen LogP contribution in [0.3, 0.4) is 0 Å². The highest BCUT2D eigenvalue weighted by atomic mass is 35.5. The van der Waals surface area contributed by atoms with Crippen molar-refractivity contribution in [2.45, 2.75) is 24.3 Å². The molecule has 1 N–H and O–H groups in total. The molecule has 7 nitrogen and oxygen atoms in total. The van der Waals surface area contributed by atoms with E-state index in [1.807, 2.05) is 28.8 Å². The van der Waals surface area contributed by atoms with Crippen LogP contribution in [-0.4, -0.2) is 36.7 Å². The quantitative estimate of drug-likeness (QED) is 0.287. The van der Waals surface area contributed by atoms with E-state index in [2.05, 4.69) is 20.5 Å². The molecule has 1 amide bonds. The van der Waals surface area contributed by atoms with Crippen molar-refractivity contribution in [1.29, 1.82) is 0 Å². The Hall–Kier alpha value is -3.49. The van der Waals surface area contributed by atoms with E-state index in [0.717, 1.165) is 11.3 Å². The summed E-state index contributed by atoms with van der Waals surface area (Å²) in [5.74, 6) is 0.421. The molecule has 4 rings (SSSR count). The maximum absolute atomic E-state index is 12.8. The Labute approximate surface area is 200 Å². The van der Waals surface area contributed by atoms with E-state index in [4.69, 9.17) is 11.6 Å². The summed E-state index contributed by atoms with van der Waals surface area (Å²) in [4.78, 5) is 28.3. The summed E-state index contributed by atoms with van der Waals surface area (Å²) in [6, 6.07) is 17.8. The van der Waals surface area contributed by atoms with Crippen LogP contribution >= 0.6 is 23.4 Å². The predicted octanol–water partition coefficient (Wildman–Crippen LogP) is 5.30. The lowest BCUT2D eigenvalue weighted by molar-refractivity contribution is -0.115. The zero-order chi connectivity index (χ0) is 23.4. The number of anilines is 1. The number of nitrogens with zero attached hydrogens (tertiary/aromatic N) is 4. The average Bonchev–Trinajstić information content (AvgIpc) is 3.24. The highest BCUT2D eigenvalue weighted by Crippen LogP contribution is 2.31. The molecule has 0 aliphatic carbocycles. The first-order valence-electron chi connectivity index (χ1n) is 10.1. The summed E-state index contributed by atoms with van der Waals surface area (Å²) in [5.41, 5.74) is 2.89. The van der Waals surface area contributed by atoms with Gasteiger partial charge >= 0.3 is 0 Å². The van der Waals surface area contributed by atoms with Gasteiger partial charge in [0.25, 0.3) is 0 Å². The fourth-order valence-electron chi connectivity index (χ4n) is 3.10. The highest BCUT2D eigenvalue weighted by Gasteiger charge is 2.22. The number of amides is 1. The number of pyridine rings is 1. The molecule has 0 spiro atoms. The first-order valence-corrected chi connectivity index (χ1v) is 11.4. The van der Waals surface area contributed by atoms with Crippen molar-refractivity contribution in [2.75, 3.05) is 5.32 Å². The van der Waals surface area contributed by atoms with Crippen LogP contribution in [0.1, 0.15) is 24.2 Å². The monoisotopic (exact) mass is 477 g/mol. The van der Waals surface area contributed by atoms with Crippen molar-refractivity contribution in [3.05, 3.63) is 83.6 Å². The van der Waals surface area contributed by atoms with Crippen LogP contribution in [0.5, 0.6) is 0 Å². The van der Waals surface area contributed by atoms with Gasteiger partial charge < -0.3 is 5.32 Å². The van der Waals surface area contributed by atoms with Gasteiger partial charge in [-0.3, -0.25) is 19.1 Å². The Morgan fingerprint density at radius 3 is 2.27 bits per heavy atom. The van der Waals surface area contributed by atoms with Crippen LogP contribution < -0.4 is 5.32 Å². The van der Waals surface area contributed by atoms with Gasteiger partial charge in [-0.15, -0.1) is 10.2 Å². The van der Waals surface area contributed by atoms with E-state index in [1.165, 1.54) is 18.7 Å². The molecule has 0 bridgehead atoms. The molecule has 0 radical (unpaired) electrons. The number of thioether (sulfide) groups is 1. The third kappa shape index (κ3) is 5.30. The molecule has 1 unspecified atom stereocenters. The summed E-state index contributed by atoms with van der Waals surface area (Å²) in [6.07, 6.45) is 3.38. The van der Waals surface area contributed by atoms with Gasteiger partial charge in [-0.1, -0.05) is 23.4 Å². The second kappa shape index (κ2) is 9.97. The van der Waals surface area contributed by atoms with Crippen LogP contribution in [0.25, 0.3) is 17.1 Å². The summed E-state index contributed by atoms with van der Waals surface area (Å²) in [5, 5.41) is 12.3. The minimum absolute atomic E-state index is 0.0247. The lowest BCUT2D eigenvalue weighted by Crippen LogP contribution is -2.23. The number of hydrogen-bond donors (Lipinski definition) is 1. The minimum Gasteiger partial charge on any atom is -0.325 e. The van der Waals surface area contributed by atoms with Gasteiger partial charge in [0.1, 0.15) is 0 Å². The molecule has 0 aliphatic heterocycles. The fourth-order valence-corrected chi connectivity index (χ4v) is 4.09. The van der Waals surface area contributed by atoms with Crippen LogP contribution in [0.2, 0.25) is 5.02 Å². The standard InChI is InChI=1S/C24H20ClN5O2S/c1-15(31)17-3-7-20(8-4-17)27-23(32)16(2)33-24-29-28-22(18-11-13-26-14-12-18)30(24)21-9-5-19(25)6-10-21/h3-14,16H,1-2H3,(H,27,32). The van der Waals surface area contributed by atoms with E-state index in [1.54, 1.807) is 55.7 Å². The topological polar surface area (TPSA) is 89.8 Å². The Morgan fingerprint density at radius 1 is 0.970 bits per heavy atom. The van der Waals surface area contributed by atoms with Crippen molar-refractivity contribution in [3.8, 4) is 17.1 Å². The van der Waals surface area contributed by atoms with Gasteiger partial charge in [-0.25, -0.2) is 0 Å². The molecule has 2 aromatic carbocycles. The van der Waals surface area contributed by atoms with Crippen molar-refractivity contribution >= 4 is 40.7 Å². The number of carbonyl (C=O) groups excluding carboxylic acids is 2. The molecular weight excluding hydrogens is 458 g/mol. The van der Waals surface area contributed by atoms with Crippen molar-refractivity contribution in [1.82, 2.24) is 19.7 Å². The number of carbonyl (C=O) groups is 2. The number of nitrogens with one attached hydrogen (secondary N) is 1. The molecule has 2 aromatic heterocycles. The van der Waals surface area contributed by atoms with Gasteiger partial charge in [-0.2, -0.15) is 0 Å². The van der Waals surface area contributed by atoms with E-state index in [9.17, 15) is 9.59 Å². The van der Waals surface area contributed by atoms with Crippen molar-refractivity contribution in [3.63, 3.8) is 0 Å². The molecule has 0 aliphatic rings. The summed E-state index contributed by atoms with van der Waals surface area (Å²) in [7, 11) is 0. The Morgan fingerprint density at radius 2 is 1.64 bits per heavy atom. The smallest absolute Gasteiger partial charge is 0.237 e. The fraction of sp³-hybridized carbons (Fsp3) is 0.125. The maximum Gasteiger partial charge on any atom is 0.237 e. The Balaban J connectivity index is 1.59. The normalized spacial score (nSPS) is 11.7. The molecule has 1 atom stereocenters. The number of benzene rings is 2. The summed E-state index contributed by atoms with van der Waals surface area (Å²) >= 11 is 7.37. The van der Waals surface area contributed by atoms with Crippen molar-refractivity contribution < 1.29 is 9.59 Å². The minimum atomic E-state index is -0.460. The molecule has 166 valence electrons.